The van der Waals surface area contributed by atoms with Gasteiger partial charge < -0.3 is 14.6 Å². The monoisotopic (exact) mass is 396 g/mol. The van der Waals surface area contributed by atoms with Crippen molar-refractivity contribution >= 4 is 20.7 Å². The van der Waals surface area contributed by atoms with Gasteiger partial charge in [-0.2, -0.15) is 0 Å². The van der Waals surface area contributed by atoms with Crippen LogP contribution >= 0.6 is 0 Å². The molecule has 0 spiro atoms. The van der Waals surface area contributed by atoms with Crippen LogP contribution in [0.4, 0.5) is 0 Å². The molecule has 0 amide bonds. The average molecular weight is 397 g/mol. The highest BCUT2D eigenvalue weighted by Gasteiger charge is 2.37. The number of aryl methyl sites for hydroxylation is 1. The van der Waals surface area contributed by atoms with E-state index in [-0.39, 0.29) is 0 Å². The lowest BCUT2D eigenvalue weighted by molar-refractivity contribution is 0.342. The quantitative estimate of drug-likeness (QED) is 0.729. The van der Waals surface area contributed by atoms with E-state index in [2.05, 4.69) is 16.9 Å². The first-order valence-electron chi connectivity index (χ1n) is 9.85. The maximum Gasteiger partial charge on any atom is 0.206 e. The molecule has 146 valence electrons. The van der Waals surface area contributed by atoms with E-state index in [0.717, 1.165) is 23.7 Å². The summed E-state index contributed by atoms with van der Waals surface area (Å²) in [6, 6.07) is 13.0. The zero-order chi connectivity index (χ0) is 19.5. The van der Waals surface area contributed by atoms with Gasteiger partial charge in [-0.25, -0.2) is 8.42 Å². The van der Waals surface area contributed by atoms with Crippen molar-refractivity contribution in [2.75, 3.05) is 6.61 Å². The molecule has 1 aromatic heterocycles. The zero-order valence-electron chi connectivity index (χ0n) is 16.1. The van der Waals surface area contributed by atoms with Crippen LogP contribution in [0.25, 0.3) is 10.9 Å². The van der Waals surface area contributed by atoms with E-state index in [4.69, 9.17) is 4.74 Å². The second-order valence-corrected chi connectivity index (χ2v) is 9.63. The van der Waals surface area contributed by atoms with E-state index in [0.29, 0.717) is 34.2 Å². The smallest absolute Gasteiger partial charge is 0.206 e. The van der Waals surface area contributed by atoms with Crippen LogP contribution in [-0.4, -0.2) is 25.6 Å². The van der Waals surface area contributed by atoms with E-state index in [1.165, 1.54) is 17.7 Å². The summed E-state index contributed by atoms with van der Waals surface area (Å²) in [5.74, 6) is 0.641. The summed E-state index contributed by atoms with van der Waals surface area (Å²) in [5.41, 5.74) is 3.54. The third-order valence-electron chi connectivity index (χ3n) is 6.08. The predicted octanol–water partition coefficient (Wildman–Crippen LogP) is 3.76. The van der Waals surface area contributed by atoms with E-state index >= 15 is 0 Å². The lowest BCUT2D eigenvalue weighted by atomic mass is 9.99. The molecule has 1 N–H and O–H groups in total. The highest BCUT2D eigenvalue weighted by Crippen LogP contribution is 2.45. The standard InChI is InChI=1S/C22H24N2O3S/c1-3-27-20-13-16(28(25,26)15-7-5-4-6-8-15)12-17-21-18-10-9-14(23-18)11-19(21)24(2)22(17)20/h4-8,12-14,18,23H,3,9-11H2,1-2H3. The fraction of sp³-hybridized carbons (Fsp3) is 0.364. The van der Waals surface area contributed by atoms with Crippen molar-refractivity contribution in [2.45, 2.75) is 48.1 Å². The number of sulfone groups is 1. The molecule has 5 rings (SSSR count). The van der Waals surface area contributed by atoms with Gasteiger partial charge in [0.2, 0.25) is 9.84 Å². The van der Waals surface area contributed by atoms with E-state index < -0.39 is 9.84 Å². The highest BCUT2D eigenvalue weighted by molar-refractivity contribution is 7.91. The molecule has 28 heavy (non-hydrogen) atoms. The number of nitrogens with zero attached hydrogens (tertiary/aromatic N) is 1. The summed E-state index contributed by atoms with van der Waals surface area (Å²) >= 11 is 0. The molecule has 2 bridgehead atoms. The van der Waals surface area contributed by atoms with E-state index in [9.17, 15) is 8.42 Å². The van der Waals surface area contributed by atoms with Crippen LogP contribution in [0.15, 0.2) is 52.3 Å². The fourth-order valence-electron chi connectivity index (χ4n) is 4.84. The van der Waals surface area contributed by atoms with Gasteiger partial charge in [-0.15, -0.1) is 0 Å². The van der Waals surface area contributed by atoms with Gasteiger partial charge in [0.05, 0.1) is 21.9 Å². The number of hydrogen-bond donors (Lipinski definition) is 1. The van der Waals surface area contributed by atoms with Gasteiger partial charge in [0.15, 0.2) is 0 Å². The van der Waals surface area contributed by atoms with Crippen molar-refractivity contribution in [3.63, 3.8) is 0 Å². The topological polar surface area (TPSA) is 60.3 Å². The summed E-state index contributed by atoms with van der Waals surface area (Å²) in [6.45, 7) is 2.42. The highest BCUT2D eigenvalue weighted by atomic mass is 32.2. The van der Waals surface area contributed by atoms with Crippen LogP contribution in [-0.2, 0) is 23.3 Å². The molecule has 2 aliphatic rings. The Kier molecular flexibility index (Phi) is 4.03. The molecular weight excluding hydrogens is 372 g/mol. The largest absolute Gasteiger partial charge is 0.492 e. The van der Waals surface area contributed by atoms with Crippen LogP contribution in [0.1, 0.15) is 37.1 Å². The molecule has 2 atom stereocenters. The summed E-state index contributed by atoms with van der Waals surface area (Å²) in [4.78, 5) is 0.601. The number of ether oxygens (including phenoxy) is 1. The van der Waals surface area contributed by atoms with Crippen molar-refractivity contribution in [1.82, 2.24) is 9.88 Å². The number of aromatic nitrogens is 1. The number of rotatable bonds is 4. The maximum atomic E-state index is 13.3. The second kappa shape index (κ2) is 6.36. The van der Waals surface area contributed by atoms with Crippen LogP contribution in [0, 0.1) is 0 Å². The number of hydrogen-bond acceptors (Lipinski definition) is 4. The summed E-state index contributed by atoms with van der Waals surface area (Å²) in [5, 5.41) is 4.69. The Morgan fingerprint density at radius 1 is 1.14 bits per heavy atom. The first kappa shape index (κ1) is 17.8. The molecule has 3 aromatic rings. The molecule has 0 radical (unpaired) electrons. The predicted molar refractivity (Wildman–Crippen MR) is 109 cm³/mol. The van der Waals surface area contributed by atoms with Gasteiger partial charge in [-0.3, -0.25) is 0 Å². The Bertz CT molecular complexity index is 1170. The molecule has 2 aromatic carbocycles. The fourth-order valence-corrected chi connectivity index (χ4v) is 6.16. The SMILES string of the molecule is CCOc1cc(S(=O)(=O)c2ccccc2)cc2c3c(n(C)c12)CC1CCC3N1. The minimum Gasteiger partial charge on any atom is -0.492 e. The summed E-state index contributed by atoms with van der Waals surface area (Å²) in [6.07, 6.45) is 3.24. The van der Waals surface area contributed by atoms with Crippen molar-refractivity contribution in [1.29, 1.82) is 0 Å². The molecule has 1 fully saturated rings. The second-order valence-electron chi connectivity index (χ2n) is 7.68. The first-order chi connectivity index (χ1) is 13.5. The third kappa shape index (κ3) is 2.51. The minimum absolute atomic E-state index is 0.293. The summed E-state index contributed by atoms with van der Waals surface area (Å²) < 4.78 is 34.7. The Balaban J connectivity index is 1.79. The zero-order valence-corrected chi connectivity index (χ0v) is 16.9. The molecule has 1 saturated heterocycles. The van der Waals surface area contributed by atoms with Gasteiger partial charge in [-0.05, 0) is 43.5 Å². The van der Waals surface area contributed by atoms with Crippen LogP contribution in [0.3, 0.4) is 0 Å². The van der Waals surface area contributed by atoms with Crippen LogP contribution in [0.5, 0.6) is 5.75 Å². The van der Waals surface area contributed by atoms with Gasteiger partial charge >= 0.3 is 0 Å². The van der Waals surface area contributed by atoms with Crippen LogP contribution < -0.4 is 10.1 Å². The lowest BCUT2D eigenvalue weighted by Gasteiger charge is -2.23. The molecule has 0 saturated carbocycles. The number of fused-ring (bicyclic) bond motifs is 6. The van der Waals surface area contributed by atoms with Gasteiger partial charge in [-0.1, -0.05) is 18.2 Å². The van der Waals surface area contributed by atoms with Crippen molar-refractivity contribution in [3.05, 3.63) is 53.7 Å². The first-order valence-corrected chi connectivity index (χ1v) is 11.3. The van der Waals surface area contributed by atoms with Gasteiger partial charge in [0, 0.05) is 42.7 Å². The molecule has 3 heterocycles. The Morgan fingerprint density at radius 3 is 2.68 bits per heavy atom. The van der Waals surface area contributed by atoms with Crippen molar-refractivity contribution < 1.29 is 13.2 Å². The Hall–Kier alpha value is -2.31. The molecule has 0 aliphatic carbocycles. The number of benzene rings is 2. The minimum atomic E-state index is -3.61. The molecule has 2 unspecified atom stereocenters. The molecule has 2 aliphatic heterocycles. The van der Waals surface area contributed by atoms with Crippen molar-refractivity contribution in [3.8, 4) is 5.75 Å². The Morgan fingerprint density at radius 2 is 1.93 bits per heavy atom. The third-order valence-corrected chi connectivity index (χ3v) is 7.83. The van der Waals surface area contributed by atoms with Crippen LogP contribution in [0.2, 0.25) is 0 Å². The van der Waals surface area contributed by atoms with E-state index in [1.54, 1.807) is 30.3 Å². The Labute approximate surface area is 165 Å². The van der Waals surface area contributed by atoms with E-state index in [1.807, 2.05) is 19.1 Å². The summed E-state index contributed by atoms with van der Waals surface area (Å²) in [7, 11) is -1.54. The molecular formula is C22H24N2O3S. The molecule has 5 nitrogen and oxygen atoms in total. The van der Waals surface area contributed by atoms with Crippen molar-refractivity contribution in [2.24, 2.45) is 7.05 Å². The average Bonchev–Trinajstić information content (AvgIpc) is 3.22. The van der Waals surface area contributed by atoms with Gasteiger partial charge in [0.1, 0.15) is 5.75 Å². The lowest BCUT2D eigenvalue weighted by Crippen LogP contribution is -2.32. The molecule has 6 heteroatoms. The maximum absolute atomic E-state index is 13.3. The van der Waals surface area contributed by atoms with Gasteiger partial charge in [0.25, 0.3) is 0 Å². The normalized spacial score (nSPS) is 21.1. The number of nitrogens with one attached hydrogen (secondary N) is 1.